The maximum Gasteiger partial charge on any atom is -0.0533 e. The van der Waals surface area contributed by atoms with Crippen molar-refractivity contribution in [2.75, 3.05) is 0 Å². The molecule has 0 amide bonds. The fraction of sp³-hybridized carbons (Fsp3) is 1.00. The van der Waals surface area contributed by atoms with Crippen LogP contribution in [0, 0.1) is 0 Å². The predicted octanol–water partition coefficient (Wildman–Crippen LogP) is 1.29. The van der Waals surface area contributed by atoms with E-state index in [1.165, 1.54) is 19.3 Å². The molecule has 0 saturated heterocycles. The lowest BCUT2D eigenvalue weighted by Crippen LogP contribution is -0.856. The van der Waals surface area contributed by atoms with Crippen LogP contribution in [0.3, 0.4) is 0 Å². The molecule has 1 saturated carbocycles. The molecule has 2 heteroatoms. The lowest BCUT2D eigenvalue weighted by molar-refractivity contribution is 1.50. The standard InChI is InChI=1S/C3H6.2H3P/c1-2-3-1;;/h1-3H2;2*1H3. The average molecular weight is 110 g/mol. The molecule has 1 rings (SSSR count). The van der Waals surface area contributed by atoms with E-state index in [1.807, 2.05) is 0 Å². The molecule has 5 heavy (non-hydrogen) atoms. The monoisotopic (exact) mass is 110 g/mol. The molecule has 1 aliphatic carbocycles. The average Bonchev–Trinajstić information content (AvgIpc) is 1.46. The van der Waals surface area contributed by atoms with Crippen LogP contribution in [0.15, 0.2) is 0 Å². The van der Waals surface area contributed by atoms with Gasteiger partial charge in [0.2, 0.25) is 0 Å². The molecule has 1 aliphatic rings. The summed E-state index contributed by atoms with van der Waals surface area (Å²) in [5.74, 6) is 0. The zero-order chi connectivity index (χ0) is 2.12. The first-order chi connectivity index (χ1) is 1.50. The molecule has 0 aromatic heterocycles. The summed E-state index contributed by atoms with van der Waals surface area (Å²) >= 11 is 0. The van der Waals surface area contributed by atoms with Gasteiger partial charge in [-0.2, -0.15) is 19.8 Å². The highest BCUT2D eigenvalue weighted by molar-refractivity contribution is 6.92. The Bertz CT molecular complexity index is 9.61. The lowest BCUT2D eigenvalue weighted by Gasteiger charge is -1.05. The van der Waals surface area contributed by atoms with Crippen molar-refractivity contribution in [3.8, 4) is 0 Å². The Morgan fingerprint density at radius 3 is 0.800 bits per heavy atom. The van der Waals surface area contributed by atoms with Crippen LogP contribution in [-0.4, -0.2) is 0 Å². The second kappa shape index (κ2) is 4.86. The molecule has 0 N–H and O–H groups in total. The zero-order valence-electron chi connectivity index (χ0n) is 3.54. The first-order valence-corrected chi connectivity index (χ1v) is 1.50. The fourth-order valence-corrected chi connectivity index (χ4v) is 0. The largest absolute Gasteiger partial charge is 0.153 e. The Morgan fingerprint density at radius 2 is 0.800 bits per heavy atom. The molecule has 0 spiro atoms. The third kappa shape index (κ3) is 11.5. The van der Waals surface area contributed by atoms with Crippen molar-refractivity contribution in [1.82, 2.24) is 0 Å². The molecule has 0 nitrogen and oxygen atoms in total. The SMILES string of the molecule is C1CC1.P.P. The van der Waals surface area contributed by atoms with E-state index in [0.717, 1.165) is 0 Å². The summed E-state index contributed by atoms with van der Waals surface area (Å²) in [5, 5.41) is 0. The van der Waals surface area contributed by atoms with Gasteiger partial charge in [-0.05, 0) is 0 Å². The van der Waals surface area contributed by atoms with Crippen LogP contribution < -0.4 is 0 Å². The minimum atomic E-state index is 0. The van der Waals surface area contributed by atoms with E-state index in [9.17, 15) is 0 Å². The Hall–Kier alpha value is 0.860. The van der Waals surface area contributed by atoms with E-state index >= 15 is 0 Å². The van der Waals surface area contributed by atoms with Crippen molar-refractivity contribution in [2.24, 2.45) is 0 Å². The second-order valence-corrected chi connectivity index (χ2v) is 1.06. The summed E-state index contributed by atoms with van der Waals surface area (Å²) in [6, 6.07) is 0. The van der Waals surface area contributed by atoms with Crippen LogP contribution >= 0.6 is 19.8 Å². The third-order valence-corrected chi connectivity index (χ3v) is 0.354. The summed E-state index contributed by atoms with van der Waals surface area (Å²) in [6.45, 7) is 0. The van der Waals surface area contributed by atoms with Gasteiger partial charge in [-0.25, -0.2) is 0 Å². The smallest absolute Gasteiger partial charge is 0.0533 e. The summed E-state index contributed by atoms with van der Waals surface area (Å²) in [5.41, 5.74) is 0. The van der Waals surface area contributed by atoms with Crippen LogP contribution in [0.5, 0.6) is 0 Å². The highest BCUT2D eigenvalue weighted by atomic mass is 31.0. The first-order valence-electron chi connectivity index (χ1n) is 1.50. The van der Waals surface area contributed by atoms with Gasteiger partial charge in [-0.3, -0.25) is 0 Å². The van der Waals surface area contributed by atoms with Gasteiger partial charge >= 0.3 is 0 Å². The van der Waals surface area contributed by atoms with Crippen LogP contribution in [-0.2, 0) is 0 Å². The fourth-order valence-electron chi connectivity index (χ4n) is 0. The summed E-state index contributed by atoms with van der Waals surface area (Å²) in [4.78, 5) is 0. The van der Waals surface area contributed by atoms with Gasteiger partial charge in [-0.1, -0.05) is 19.3 Å². The number of hydrogen-bond donors (Lipinski definition) is 0. The third-order valence-electron chi connectivity index (χ3n) is 0.354. The molecule has 0 aliphatic heterocycles. The highest BCUT2D eigenvalue weighted by Gasteiger charge is 1.95. The Kier molecular flexibility index (Phi) is 9.03. The molecule has 2 unspecified atom stereocenters. The van der Waals surface area contributed by atoms with Crippen molar-refractivity contribution in [3.63, 3.8) is 0 Å². The highest BCUT2D eigenvalue weighted by Crippen LogP contribution is 2.14. The number of hydrogen-bond acceptors (Lipinski definition) is 0. The summed E-state index contributed by atoms with van der Waals surface area (Å²) < 4.78 is 0. The van der Waals surface area contributed by atoms with Crippen LogP contribution in [0.2, 0.25) is 0 Å². The van der Waals surface area contributed by atoms with Gasteiger partial charge in [0, 0.05) is 0 Å². The van der Waals surface area contributed by atoms with E-state index in [-0.39, 0.29) is 19.8 Å². The minimum absolute atomic E-state index is 0. The van der Waals surface area contributed by atoms with E-state index < -0.39 is 0 Å². The topological polar surface area (TPSA) is 0 Å². The Labute approximate surface area is 40.0 Å². The van der Waals surface area contributed by atoms with Crippen molar-refractivity contribution in [2.45, 2.75) is 19.3 Å². The minimum Gasteiger partial charge on any atom is -0.153 e. The van der Waals surface area contributed by atoms with Gasteiger partial charge in [0.1, 0.15) is 0 Å². The maximum atomic E-state index is 1.50. The van der Waals surface area contributed by atoms with Crippen LogP contribution in [0.25, 0.3) is 0 Å². The van der Waals surface area contributed by atoms with E-state index in [1.54, 1.807) is 0 Å². The molecule has 0 aromatic carbocycles. The van der Waals surface area contributed by atoms with Gasteiger partial charge in [-0.15, -0.1) is 0 Å². The zero-order valence-corrected chi connectivity index (χ0v) is 6.36. The predicted molar refractivity (Wildman–Crippen MR) is 36.1 cm³/mol. The molecular weight excluding hydrogens is 98.0 g/mol. The van der Waals surface area contributed by atoms with Crippen molar-refractivity contribution in [3.05, 3.63) is 0 Å². The van der Waals surface area contributed by atoms with Crippen molar-refractivity contribution < 1.29 is 0 Å². The molecular formula is C3H12P2. The quantitative estimate of drug-likeness (QED) is 0.412. The molecule has 0 heterocycles. The van der Waals surface area contributed by atoms with Crippen LogP contribution in [0.1, 0.15) is 19.3 Å². The van der Waals surface area contributed by atoms with Crippen LogP contribution in [0.4, 0.5) is 0 Å². The summed E-state index contributed by atoms with van der Waals surface area (Å²) in [7, 11) is 0. The Morgan fingerprint density at radius 1 is 0.600 bits per heavy atom. The first kappa shape index (κ1) is 9.29. The van der Waals surface area contributed by atoms with E-state index in [0.29, 0.717) is 0 Å². The van der Waals surface area contributed by atoms with E-state index in [2.05, 4.69) is 0 Å². The molecule has 0 aromatic rings. The molecule has 1 fully saturated rings. The van der Waals surface area contributed by atoms with Gasteiger partial charge in [0.15, 0.2) is 0 Å². The molecule has 0 bridgehead atoms. The van der Waals surface area contributed by atoms with Crippen molar-refractivity contribution >= 4 is 19.8 Å². The van der Waals surface area contributed by atoms with Crippen molar-refractivity contribution in [1.29, 1.82) is 0 Å². The number of rotatable bonds is 0. The van der Waals surface area contributed by atoms with Gasteiger partial charge in [0.25, 0.3) is 0 Å². The lowest BCUT2D eigenvalue weighted by atomic mass is 11.0. The molecule has 34 valence electrons. The summed E-state index contributed by atoms with van der Waals surface area (Å²) in [6.07, 6.45) is 4.50. The molecule has 0 radical (unpaired) electrons. The second-order valence-electron chi connectivity index (χ2n) is 1.06. The normalized spacial score (nSPS) is 14.4. The Balaban J connectivity index is 0. The van der Waals surface area contributed by atoms with E-state index in [4.69, 9.17) is 0 Å². The van der Waals surface area contributed by atoms with Gasteiger partial charge < -0.3 is 0 Å². The molecule has 2 atom stereocenters. The van der Waals surface area contributed by atoms with Gasteiger partial charge in [0.05, 0.1) is 0 Å². The maximum absolute atomic E-state index is 1.50.